The van der Waals surface area contributed by atoms with Crippen LogP contribution in [0.2, 0.25) is 0 Å². The molecule has 0 radical (unpaired) electrons. The second kappa shape index (κ2) is 7.38. The fourth-order valence-electron chi connectivity index (χ4n) is 2.43. The number of morpholine rings is 1. The highest BCUT2D eigenvalue weighted by Crippen LogP contribution is 2.09. The van der Waals surface area contributed by atoms with Crippen LogP contribution < -0.4 is 0 Å². The van der Waals surface area contributed by atoms with E-state index in [0.29, 0.717) is 13.1 Å². The van der Waals surface area contributed by atoms with Crippen LogP contribution in [0.3, 0.4) is 0 Å². The Morgan fingerprint density at radius 3 is 2.60 bits per heavy atom. The molecule has 1 aromatic carbocycles. The van der Waals surface area contributed by atoms with Crippen molar-refractivity contribution >= 4 is 5.97 Å². The molecule has 5 nitrogen and oxygen atoms in total. The van der Waals surface area contributed by atoms with Crippen LogP contribution in [-0.2, 0) is 16.0 Å². The summed E-state index contributed by atoms with van der Waals surface area (Å²) >= 11 is 0. The van der Waals surface area contributed by atoms with E-state index in [4.69, 9.17) is 4.74 Å². The number of carbonyl (C=O) groups is 1. The summed E-state index contributed by atoms with van der Waals surface area (Å²) < 4.78 is 5.31. The van der Waals surface area contributed by atoms with E-state index in [0.717, 1.165) is 31.9 Å². The zero-order valence-corrected chi connectivity index (χ0v) is 11.9. The van der Waals surface area contributed by atoms with Crippen LogP contribution in [0.25, 0.3) is 0 Å². The first kappa shape index (κ1) is 15.0. The Morgan fingerprint density at radius 2 is 2.00 bits per heavy atom. The van der Waals surface area contributed by atoms with Gasteiger partial charge in [-0.1, -0.05) is 30.3 Å². The summed E-state index contributed by atoms with van der Waals surface area (Å²) in [6, 6.07) is 9.26. The van der Waals surface area contributed by atoms with Crippen LogP contribution in [0.1, 0.15) is 5.56 Å². The van der Waals surface area contributed by atoms with E-state index in [1.807, 2.05) is 42.3 Å². The number of likely N-dealkylation sites (N-methyl/N-ethyl adjacent to an activating group) is 1. The minimum atomic E-state index is -0.774. The number of benzene rings is 1. The molecule has 0 spiro atoms. The lowest BCUT2D eigenvalue weighted by Crippen LogP contribution is -2.49. The minimum absolute atomic E-state index is 0.500. The van der Waals surface area contributed by atoms with Gasteiger partial charge in [-0.3, -0.25) is 14.6 Å². The average Bonchev–Trinajstić information content (AvgIpc) is 2.46. The van der Waals surface area contributed by atoms with Gasteiger partial charge in [0.15, 0.2) is 0 Å². The van der Waals surface area contributed by atoms with E-state index in [9.17, 15) is 9.90 Å². The van der Waals surface area contributed by atoms with Crippen molar-refractivity contribution < 1.29 is 14.6 Å². The van der Waals surface area contributed by atoms with Crippen molar-refractivity contribution in [2.45, 2.75) is 12.5 Å². The Balaban J connectivity index is 1.94. The number of nitrogens with zero attached hydrogens (tertiary/aromatic N) is 2. The number of ether oxygens (including phenoxy) is 1. The van der Waals surface area contributed by atoms with Gasteiger partial charge in [-0.05, 0) is 19.0 Å². The molecule has 0 aromatic heterocycles. The summed E-state index contributed by atoms with van der Waals surface area (Å²) in [6.07, 6.45) is 0.525. The molecule has 1 atom stereocenters. The van der Waals surface area contributed by atoms with Gasteiger partial charge in [0.25, 0.3) is 0 Å². The Hall–Kier alpha value is -1.43. The third-order valence-electron chi connectivity index (χ3n) is 3.62. The van der Waals surface area contributed by atoms with Crippen molar-refractivity contribution in [3.63, 3.8) is 0 Å². The number of carboxylic acids is 1. The monoisotopic (exact) mass is 278 g/mol. The molecule has 5 heteroatoms. The fourth-order valence-corrected chi connectivity index (χ4v) is 2.43. The number of rotatable bonds is 6. The van der Waals surface area contributed by atoms with E-state index in [1.165, 1.54) is 0 Å². The van der Waals surface area contributed by atoms with Crippen LogP contribution >= 0.6 is 0 Å². The maximum atomic E-state index is 11.5. The molecule has 1 heterocycles. The van der Waals surface area contributed by atoms with E-state index < -0.39 is 12.0 Å². The fraction of sp³-hybridized carbons (Fsp3) is 0.533. The summed E-state index contributed by atoms with van der Waals surface area (Å²) in [5.41, 5.74) is 1.05. The highest BCUT2D eigenvalue weighted by molar-refractivity contribution is 5.73. The predicted molar refractivity (Wildman–Crippen MR) is 76.6 cm³/mol. The van der Waals surface area contributed by atoms with Crippen molar-refractivity contribution in [3.8, 4) is 0 Å². The van der Waals surface area contributed by atoms with E-state index in [-0.39, 0.29) is 0 Å². The average molecular weight is 278 g/mol. The molecule has 0 amide bonds. The van der Waals surface area contributed by atoms with E-state index >= 15 is 0 Å². The third kappa shape index (κ3) is 4.30. The molecule has 0 aliphatic carbocycles. The molecule has 1 N–H and O–H groups in total. The Morgan fingerprint density at radius 1 is 1.35 bits per heavy atom. The Labute approximate surface area is 119 Å². The molecule has 20 heavy (non-hydrogen) atoms. The normalized spacial score (nSPS) is 18.1. The van der Waals surface area contributed by atoms with Crippen LogP contribution in [0.4, 0.5) is 0 Å². The van der Waals surface area contributed by atoms with Crippen molar-refractivity contribution in [1.29, 1.82) is 0 Å². The zero-order chi connectivity index (χ0) is 14.4. The Bertz CT molecular complexity index is 418. The largest absolute Gasteiger partial charge is 0.480 e. The molecular weight excluding hydrogens is 256 g/mol. The van der Waals surface area contributed by atoms with Crippen molar-refractivity contribution in [2.24, 2.45) is 0 Å². The molecule has 0 bridgehead atoms. The molecule has 1 saturated heterocycles. The van der Waals surface area contributed by atoms with Gasteiger partial charge in [0.2, 0.25) is 0 Å². The minimum Gasteiger partial charge on any atom is -0.480 e. The molecular formula is C15H22N2O3. The van der Waals surface area contributed by atoms with Crippen molar-refractivity contribution in [1.82, 2.24) is 9.80 Å². The van der Waals surface area contributed by atoms with E-state index in [2.05, 4.69) is 4.90 Å². The second-order valence-electron chi connectivity index (χ2n) is 5.17. The molecule has 2 rings (SSSR count). The van der Waals surface area contributed by atoms with Gasteiger partial charge >= 0.3 is 5.97 Å². The zero-order valence-electron chi connectivity index (χ0n) is 11.9. The maximum Gasteiger partial charge on any atom is 0.321 e. The van der Waals surface area contributed by atoms with Gasteiger partial charge in [0.05, 0.1) is 19.9 Å². The van der Waals surface area contributed by atoms with Crippen LogP contribution in [0.5, 0.6) is 0 Å². The lowest BCUT2D eigenvalue weighted by molar-refractivity contribution is -0.143. The third-order valence-corrected chi connectivity index (χ3v) is 3.62. The molecule has 110 valence electrons. The second-order valence-corrected chi connectivity index (χ2v) is 5.17. The molecule has 1 aliphatic heterocycles. The van der Waals surface area contributed by atoms with Gasteiger partial charge in [0, 0.05) is 13.1 Å². The van der Waals surface area contributed by atoms with Crippen LogP contribution in [0.15, 0.2) is 30.3 Å². The first-order chi connectivity index (χ1) is 9.66. The molecule has 1 unspecified atom stereocenters. The smallest absolute Gasteiger partial charge is 0.321 e. The quantitative estimate of drug-likeness (QED) is 0.838. The highest BCUT2D eigenvalue weighted by Gasteiger charge is 2.25. The predicted octanol–water partition coefficient (Wildman–Crippen LogP) is 0.904. The summed E-state index contributed by atoms with van der Waals surface area (Å²) in [7, 11) is 1.87. The van der Waals surface area contributed by atoms with Crippen LogP contribution in [-0.4, -0.2) is 66.9 Å². The highest BCUT2D eigenvalue weighted by atomic mass is 16.5. The first-order valence-electron chi connectivity index (χ1n) is 6.94. The molecule has 0 saturated carbocycles. The number of aliphatic carboxylic acids is 1. The van der Waals surface area contributed by atoms with Crippen molar-refractivity contribution in [3.05, 3.63) is 35.9 Å². The summed E-state index contributed by atoms with van der Waals surface area (Å²) in [5.74, 6) is -0.774. The molecule has 1 aliphatic rings. The van der Waals surface area contributed by atoms with Gasteiger partial charge < -0.3 is 9.84 Å². The maximum absolute atomic E-state index is 11.5. The SMILES string of the molecule is CN(CN1CCOCC1)C(Cc1ccccc1)C(=O)O. The lowest BCUT2D eigenvalue weighted by Gasteiger charge is -2.33. The van der Waals surface area contributed by atoms with Gasteiger partial charge in [-0.25, -0.2) is 0 Å². The van der Waals surface area contributed by atoms with Gasteiger partial charge in [0.1, 0.15) is 6.04 Å². The molecule has 1 fully saturated rings. The lowest BCUT2D eigenvalue weighted by atomic mass is 10.1. The van der Waals surface area contributed by atoms with E-state index in [1.54, 1.807) is 0 Å². The Kier molecular flexibility index (Phi) is 5.52. The topological polar surface area (TPSA) is 53.0 Å². The molecule has 1 aromatic rings. The number of hydrogen-bond acceptors (Lipinski definition) is 4. The van der Waals surface area contributed by atoms with Crippen LogP contribution in [0, 0.1) is 0 Å². The number of carboxylic acid groups (broad SMARTS) is 1. The summed E-state index contributed by atoms with van der Waals surface area (Å²) in [4.78, 5) is 15.6. The summed E-state index contributed by atoms with van der Waals surface area (Å²) in [6.45, 7) is 3.84. The first-order valence-corrected chi connectivity index (χ1v) is 6.94. The van der Waals surface area contributed by atoms with Gasteiger partial charge in [-0.2, -0.15) is 0 Å². The van der Waals surface area contributed by atoms with Crippen molar-refractivity contribution in [2.75, 3.05) is 40.0 Å². The van der Waals surface area contributed by atoms with Gasteiger partial charge in [-0.15, -0.1) is 0 Å². The summed E-state index contributed by atoms with van der Waals surface area (Å²) in [5, 5.41) is 9.45. The number of hydrogen-bond donors (Lipinski definition) is 1. The standard InChI is InChI=1S/C15H22N2O3/c1-16(12-17-7-9-20-10-8-17)14(15(18)19)11-13-5-3-2-4-6-13/h2-6,14H,7-12H2,1H3,(H,18,19).